The van der Waals surface area contributed by atoms with Crippen LogP contribution in [-0.4, -0.2) is 53.3 Å². The van der Waals surface area contributed by atoms with Crippen molar-refractivity contribution in [2.45, 2.75) is 90.8 Å². The zero-order chi connectivity index (χ0) is 27.1. The van der Waals surface area contributed by atoms with Crippen LogP contribution in [0.15, 0.2) is 24.3 Å². The number of alkyl carbamates (subject to hydrolysis) is 1. The Balaban J connectivity index is 3.33. The summed E-state index contributed by atoms with van der Waals surface area (Å²) in [5.74, 6) is 1.99. The molecule has 1 aromatic rings. The number of ether oxygens (including phenoxy) is 1. The predicted octanol–water partition coefficient (Wildman–Crippen LogP) is 4.86. The van der Waals surface area contributed by atoms with Crippen molar-refractivity contribution < 1.29 is 19.1 Å². The largest absolute Gasteiger partial charge is 0.444 e. The molecule has 3 amide bonds. The molecular formula is C28H43N3O4S. The molecule has 8 heteroatoms. The van der Waals surface area contributed by atoms with Gasteiger partial charge >= 0.3 is 6.09 Å². The van der Waals surface area contributed by atoms with E-state index in [4.69, 9.17) is 11.2 Å². The molecule has 2 atom stereocenters. The van der Waals surface area contributed by atoms with Gasteiger partial charge in [0, 0.05) is 24.4 Å². The van der Waals surface area contributed by atoms with Crippen LogP contribution >= 0.6 is 12.6 Å². The van der Waals surface area contributed by atoms with Crippen LogP contribution in [0.25, 0.3) is 0 Å². The van der Waals surface area contributed by atoms with Gasteiger partial charge in [0.05, 0.1) is 0 Å². The molecule has 0 fully saturated rings. The molecule has 0 heterocycles. The first-order valence-electron chi connectivity index (χ1n) is 12.8. The van der Waals surface area contributed by atoms with Crippen LogP contribution in [0.1, 0.15) is 90.3 Å². The molecule has 0 saturated carbocycles. The molecule has 0 aromatic heterocycles. The molecule has 0 saturated heterocycles. The minimum atomic E-state index is -0.954. The molecule has 0 spiro atoms. The lowest BCUT2D eigenvalue weighted by atomic mass is 10.0. The fourth-order valence-corrected chi connectivity index (χ4v) is 3.90. The summed E-state index contributed by atoms with van der Waals surface area (Å²) in [6.07, 6.45) is 10.3. The molecule has 7 nitrogen and oxygen atoms in total. The Bertz CT molecular complexity index is 874. The highest BCUT2D eigenvalue weighted by Crippen LogP contribution is 2.24. The lowest BCUT2D eigenvalue weighted by Crippen LogP contribution is -2.54. The molecule has 200 valence electrons. The molecule has 2 N–H and O–H groups in total. The number of rotatable bonds is 14. The Kier molecular flexibility index (Phi) is 14.1. The van der Waals surface area contributed by atoms with E-state index >= 15 is 0 Å². The Morgan fingerprint density at radius 3 is 2.19 bits per heavy atom. The number of terminal acetylenes is 1. The van der Waals surface area contributed by atoms with E-state index in [-0.39, 0.29) is 17.6 Å². The standard InChI is InChI=1S/C28H43N3O4S/c1-7-10-12-18-29-25(32)24(22-16-14-21(9-3)15-17-22)31(19-13-11-8-2)26(33)23(20-36)30-27(34)35-28(4,5)6/h3,14-17,23-24,36H,7-8,10-13,18-20H2,1-2,4-6H3,(H,29,32)(H,30,34). The van der Waals surface area contributed by atoms with Crippen molar-refractivity contribution in [3.63, 3.8) is 0 Å². The van der Waals surface area contributed by atoms with Crippen LogP contribution in [0.4, 0.5) is 4.79 Å². The third-order valence-electron chi connectivity index (χ3n) is 5.49. The summed E-state index contributed by atoms with van der Waals surface area (Å²) >= 11 is 4.32. The molecular weight excluding hydrogens is 474 g/mol. The van der Waals surface area contributed by atoms with E-state index in [1.165, 1.54) is 0 Å². The van der Waals surface area contributed by atoms with Crippen molar-refractivity contribution in [1.29, 1.82) is 0 Å². The SMILES string of the molecule is C#Cc1ccc(C(C(=O)NCCCCC)N(CCCCC)C(=O)C(CS)NC(=O)OC(C)(C)C)cc1. The summed E-state index contributed by atoms with van der Waals surface area (Å²) in [5, 5.41) is 5.63. The number of benzene rings is 1. The van der Waals surface area contributed by atoms with Gasteiger partial charge in [0.1, 0.15) is 17.7 Å². The van der Waals surface area contributed by atoms with Crippen molar-refractivity contribution in [3.05, 3.63) is 35.4 Å². The first kappa shape index (κ1) is 31.4. The van der Waals surface area contributed by atoms with Crippen LogP contribution < -0.4 is 10.6 Å². The number of amides is 3. The van der Waals surface area contributed by atoms with Crippen LogP contribution in [0.2, 0.25) is 0 Å². The highest BCUT2D eigenvalue weighted by atomic mass is 32.1. The van der Waals surface area contributed by atoms with Gasteiger partial charge in [-0.1, -0.05) is 57.6 Å². The monoisotopic (exact) mass is 517 g/mol. The zero-order valence-electron chi connectivity index (χ0n) is 22.4. The summed E-state index contributed by atoms with van der Waals surface area (Å²) in [7, 11) is 0. The third-order valence-corrected chi connectivity index (χ3v) is 5.86. The van der Waals surface area contributed by atoms with Crippen LogP contribution in [0.3, 0.4) is 0 Å². The van der Waals surface area contributed by atoms with Crippen LogP contribution in [0.5, 0.6) is 0 Å². The Morgan fingerprint density at radius 2 is 1.67 bits per heavy atom. The summed E-state index contributed by atoms with van der Waals surface area (Å²) < 4.78 is 5.34. The predicted molar refractivity (Wildman–Crippen MR) is 148 cm³/mol. The molecule has 0 aliphatic rings. The fraction of sp³-hybridized carbons (Fsp3) is 0.607. The number of carbonyl (C=O) groups is 3. The smallest absolute Gasteiger partial charge is 0.408 e. The maximum Gasteiger partial charge on any atom is 0.408 e. The van der Waals surface area contributed by atoms with Gasteiger partial charge in [0.15, 0.2) is 0 Å². The average Bonchev–Trinajstić information content (AvgIpc) is 2.83. The van der Waals surface area contributed by atoms with Crippen molar-refractivity contribution in [2.75, 3.05) is 18.8 Å². The fourth-order valence-electron chi connectivity index (χ4n) is 3.65. The number of hydrogen-bond acceptors (Lipinski definition) is 5. The van der Waals surface area contributed by atoms with E-state index in [2.05, 4.69) is 43.0 Å². The molecule has 1 rings (SSSR count). The van der Waals surface area contributed by atoms with Gasteiger partial charge in [0.25, 0.3) is 0 Å². The third kappa shape index (κ3) is 10.9. The molecule has 0 radical (unpaired) electrons. The molecule has 0 bridgehead atoms. The molecule has 0 aliphatic carbocycles. The summed E-state index contributed by atoms with van der Waals surface area (Å²) in [4.78, 5) is 41.2. The number of thiol groups is 1. The van der Waals surface area contributed by atoms with E-state index in [0.717, 1.165) is 38.5 Å². The second-order valence-corrected chi connectivity index (χ2v) is 10.2. The van der Waals surface area contributed by atoms with Crippen molar-refractivity contribution >= 4 is 30.5 Å². The quantitative estimate of drug-likeness (QED) is 0.187. The summed E-state index contributed by atoms with van der Waals surface area (Å²) in [5.41, 5.74) is 0.626. The van der Waals surface area contributed by atoms with E-state index < -0.39 is 23.8 Å². The molecule has 2 unspecified atom stereocenters. The van der Waals surface area contributed by atoms with Crippen LogP contribution in [-0.2, 0) is 14.3 Å². The number of carbonyl (C=O) groups excluding carboxylic acids is 3. The number of unbranched alkanes of at least 4 members (excludes halogenated alkanes) is 4. The van der Waals surface area contributed by atoms with Crippen molar-refractivity contribution in [2.24, 2.45) is 0 Å². The Morgan fingerprint density at radius 1 is 1.06 bits per heavy atom. The zero-order valence-corrected chi connectivity index (χ0v) is 23.3. The second kappa shape index (κ2) is 16.2. The van der Waals surface area contributed by atoms with Gasteiger partial charge in [-0.2, -0.15) is 12.6 Å². The Hall–Kier alpha value is -2.66. The van der Waals surface area contributed by atoms with Crippen molar-refractivity contribution in [1.82, 2.24) is 15.5 Å². The van der Waals surface area contributed by atoms with Gasteiger partial charge in [-0.05, 0) is 51.3 Å². The van der Waals surface area contributed by atoms with Gasteiger partial charge < -0.3 is 20.3 Å². The van der Waals surface area contributed by atoms with Gasteiger partial charge in [0.2, 0.25) is 11.8 Å². The summed E-state index contributed by atoms with van der Waals surface area (Å²) in [6.45, 7) is 10.3. The normalized spacial score (nSPS) is 12.7. The molecule has 1 aromatic carbocycles. The lowest BCUT2D eigenvalue weighted by Gasteiger charge is -2.34. The van der Waals surface area contributed by atoms with Gasteiger partial charge in [-0.3, -0.25) is 9.59 Å². The van der Waals surface area contributed by atoms with Crippen molar-refractivity contribution in [3.8, 4) is 12.3 Å². The van der Waals surface area contributed by atoms with E-state index in [0.29, 0.717) is 24.2 Å². The number of nitrogens with one attached hydrogen (secondary N) is 2. The number of hydrogen-bond donors (Lipinski definition) is 3. The average molecular weight is 518 g/mol. The van der Waals surface area contributed by atoms with Crippen LogP contribution in [0, 0.1) is 12.3 Å². The number of nitrogens with zero attached hydrogens (tertiary/aromatic N) is 1. The maximum atomic E-state index is 13.8. The molecule has 36 heavy (non-hydrogen) atoms. The minimum Gasteiger partial charge on any atom is -0.444 e. The van der Waals surface area contributed by atoms with E-state index in [1.54, 1.807) is 49.9 Å². The highest BCUT2D eigenvalue weighted by Gasteiger charge is 2.35. The first-order chi connectivity index (χ1) is 17.1. The van der Waals surface area contributed by atoms with E-state index in [1.807, 2.05) is 0 Å². The van der Waals surface area contributed by atoms with Gasteiger partial charge in [-0.25, -0.2) is 4.79 Å². The first-order valence-corrected chi connectivity index (χ1v) is 13.5. The topological polar surface area (TPSA) is 87.7 Å². The van der Waals surface area contributed by atoms with E-state index in [9.17, 15) is 14.4 Å². The maximum absolute atomic E-state index is 13.8. The Labute approximate surface area is 222 Å². The second-order valence-electron chi connectivity index (χ2n) is 9.79. The molecule has 0 aliphatic heterocycles. The van der Waals surface area contributed by atoms with Gasteiger partial charge in [-0.15, -0.1) is 6.42 Å². The minimum absolute atomic E-state index is 0.0588. The highest BCUT2D eigenvalue weighted by molar-refractivity contribution is 7.80. The lowest BCUT2D eigenvalue weighted by molar-refractivity contribution is -0.142. The summed E-state index contributed by atoms with van der Waals surface area (Å²) in [6, 6.07) is 5.26.